The van der Waals surface area contributed by atoms with Crippen LogP contribution >= 0.6 is 0 Å². The van der Waals surface area contributed by atoms with Crippen LogP contribution in [-0.4, -0.2) is 47.7 Å². The molecule has 1 atom stereocenters. The highest BCUT2D eigenvalue weighted by atomic mass is 16.5. The number of hydrogen-bond acceptors (Lipinski definition) is 6. The van der Waals surface area contributed by atoms with E-state index in [1.807, 2.05) is 36.9 Å². The highest BCUT2D eigenvalue weighted by Gasteiger charge is 2.24. The first-order valence-electron chi connectivity index (χ1n) is 10.6. The van der Waals surface area contributed by atoms with Crippen LogP contribution in [-0.2, 0) is 13.0 Å². The molecule has 2 N–H and O–H groups in total. The van der Waals surface area contributed by atoms with E-state index < -0.39 is 6.23 Å². The first-order chi connectivity index (χ1) is 14.8. The molecule has 0 fully saturated rings. The van der Waals surface area contributed by atoms with E-state index in [1.54, 1.807) is 13.0 Å². The van der Waals surface area contributed by atoms with Gasteiger partial charge in [-0.2, -0.15) is 0 Å². The van der Waals surface area contributed by atoms with E-state index in [2.05, 4.69) is 5.32 Å². The molecule has 31 heavy (non-hydrogen) atoms. The number of Topliss-reactive ketones (excluding diaryl/α,β-unsaturated/α-hetero) is 1. The van der Waals surface area contributed by atoms with Crippen molar-refractivity contribution in [3.05, 3.63) is 52.6 Å². The van der Waals surface area contributed by atoms with Crippen molar-refractivity contribution < 1.29 is 24.2 Å². The van der Waals surface area contributed by atoms with E-state index in [-0.39, 0.29) is 17.3 Å². The third-order valence-electron chi connectivity index (χ3n) is 5.38. The van der Waals surface area contributed by atoms with Gasteiger partial charge in [-0.25, -0.2) is 0 Å². The standard InChI is InChI=1S/C24H30N2O5/c1-5-30-22-13-23(31-6-2)20(12-19(22)15(3)27)24(29)25-21-9-7-8-17-14-26(16(4)28)11-10-18(17)21/h7-9,12-13,16,28H,5-6,10-11,14H2,1-4H3,(H,25,29). The monoisotopic (exact) mass is 426 g/mol. The van der Waals surface area contributed by atoms with Gasteiger partial charge >= 0.3 is 0 Å². The van der Waals surface area contributed by atoms with Crippen molar-refractivity contribution in [2.75, 3.05) is 25.1 Å². The van der Waals surface area contributed by atoms with Crippen molar-refractivity contribution in [2.45, 2.75) is 46.9 Å². The minimum atomic E-state index is -0.519. The van der Waals surface area contributed by atoms with Gasteiger partial charge in [0.1, 0.15) is 17.7 Å². The second-order valence-corrected chi connectivity index (χ2v) is 7.52. The number of ketones is 1. The predicted octanol–water partition coefficient (Wildman–Crippen LogP) is 3.64. The fourth-order valence-corrected chi connectivity index (χ4v) is 3.82. The van der Waals surface area contributed by atoms with Gasteiger partial charge in [0, 0.05) is 24.8 Å². The zero-order chi connectivity index (χ0) is 22.5. The van der Waals surface area contributed by atoms with Crippen LogP contribution in [0.5, 0.6) is 11.5 Å². The zero-order valence-electron chi connectivity index (χ0n) is 18.5. The van der Waals surface area contributed by atoms with Crippen molar-refractivity contribution in [3.8, 4) is 11.5 Å². The summed E-state index contributed by atoms with van der Waals surface area (Å²) in [5, 5.41) is 12.9. The number of benzene rings is 2. The van der Waals surface area contributed by atoms with Crippen molar-refractivity contribution in [3.63, 3.8) is 0 Å². The molecule has 0 aliphatic carbocycles. The molecule has 1 aliphatic rings. The molecule has 7 nitrogen and oxygen atoms in total. The molecule has 2 aromatic rings. The van der Waals surface area contributed by atoms with Gasteiger partial charge < -0.3 is 19.9 Å². The third-order valence-corrected chi connectivity index (χ3v) is 5.38. The molecule has 1 heterocycles. The number of aliphatic hydroxyl groups excluding tert-OH is 1. The molecular formula is C24H30N2O5. The smallest absolute Gasteiger partial charge is 0.259 e. The van der Waals surface area contributed by atoms with Gasteiger partial charge in [0.25, 0.3) is 5.91 Å². The van der Waals surface area contributed by atoms with Gasteiger partial charge in [-0.1, -0.05) is 12.1 Å². The number of nitrogens with one attached hydrogen (secondary N) is 1. The third kappa shape index (κ3) is 5.06. The lowest BCUT2D eigenvalue weighted by Crippen LogP contribution is -2.37. The van der Waals surface area contributed by atoms with Gasteiger partial charge in [0.05, 0.1) is 24.3 Å². The predicted molar refractivity (Wildman–Crippen MR) is 119 cm³/mol. The number of carbonyl (C=O) groups is 2. The Morgan fingerprint density at radius 1 is 1.13 bits per heavy atom. The van der Waals surface area contributed by atoms with Crippen LogP contribution in [0.3, 0.4) is 0 Å². The van der Waals surface area contributed by atoms with Gasteiger partial charge in [-0.15, -0.1) is 0 Å². The van der Waals surface area contributed by atoms with Crippen LogP contribution in [0.1, 0.15) is 59.5 Å². The second kappa shape index (κ2) is 9.94. The molecule has 0 saturated carbocycles. The molecule has 0 aromatic heterocycles. The van der Waals surface area contributed by atoms with E-state index in [0.717, 1.165) is 23.2 Å². The van der Waals surface area contributed by atoms with Crippen LogP contribution in [0, 0.1) is 0 Å². The highest BCUT2D eigenvalue weighted by molar-refractivity contribution is 6.09. The fourth-order valence-electron chi connectivity index (χ4n) is 3.82. The molecule has 0 bridgehead atoms. The number of anilines is 1. The molecule has 0 spiro atoms. The molecule has 3 rings (SSSR count). The molecule has 2 aromatic carbocycles. The number of amides is 1. The number of rotatable bonds is 8. The number of hydrogen-bond donors (Lipinski definition) is 2. The maximum absolute atomic E-state index is 13.2. The van der Waals surface area contributed by atoms with Crippen molar-refractivity contribution in [1.29, 1.82) is 0 Å². The summed E-state index contributed by atoms with van der Waals surface area (Å²) in [5.74, 6) is 0.250. The van der Waals surface area contributed by atoms with E-state index >= 15 is 0 Å². The first kappa shape index (κ1) is 22.8. The second-order valence-electron chi connectivity index (χ2n) is 7.52. The van der Waals surface area contributed by atoms with Gasteiger partial charge in [-0.05, 0) is 57.4 Å². The Morgan fingerprint density at radius 3 is 2.42 bits per heavy atom. The topological polar surface area (TPSA) is 88.1 Å². The number of fused-ring (bicyclic) bond motifs is 1. The van der Waals surface area contributed by atoms with Crippen LogP contribution < -0.4 is 14.8 Å². The van der Waals surface area contributed by atoms with Crippen LogP contribution in [0.2, 0.25) is 0 Å². The summed E-state index contributed by atoms with van der Waals surface area (Å²) in [7, 11) is 0. The number of aliphatic hydroxyl groups is 1. The molecule has 1 amide bonds. The number of carbonyl (C=O) groups excluding carboxylic acids is 2. The molecule has 1 aliphatic heterocycles. The summed E-state index contributed by atoms with van der Waals surface area (Å²) in [4.78, 5) is 27.3. The van der Waals surface area contributed by atoms with Gasteiger partial charge in [0.15, 0.2) is 5.78 Å². The molecule has 7 heteroatoms. The van der Waals surface area contributed by atoms with Crippen molar-refractivity contribution >= 4 is 17.4 Å². The van der Waals surface area contributed by atoms with Crippen LogP contribution in [0.4, 0.5) is 5.69 Å². The summed E-state index contributed by atoms with van der Waals surface area (Å²) < 4.78 is 11.3. The molecule has 0 radical (unpaired) electrons. The van der Waals surface area contributed by atoms with Crippen LogP contribution in [0.15, 0.2) is 30.3 Å². The quantitative estimate of drug-likeness (QED) is 0.627. The Hall–Kier alpha value is -2.90. The fraction of sp³-hybridized carbons (Fsp3) is 0.417. The van der Waals surface area contributed by atoms with Gasteiger partial charge in [0.2, 0.25) is 0 Å². The summed E-state index contributed by atoms with van der Waals surface area (Å²) >= 11 is 0. The maximum Gasteiger partial charge on any atom is 0.259 e. The highest BCUT2D eigenvalue weighted by Crippen LogP contribution is 2.32. The van der Waals surface area contributed by atoms with Crippen LogP contribution in [0.25, 0.3) is 0 Å². The minimum absolute atomic E-state index is 0.184. The molecule has 166 valence electrons. The summed E-state index contributed by atoms with van der Waals surface area (Å²) in [6.45, 7) is 8.98. The average Bonchev–Trinajstić information content (AvgIpc) is 2.73. The lowest BCUT2D eigenvalue weighted by molar-refractivity contribution is 0.00924. The van der Waals surface area contributed by atoms with Gasteiger partial charge in [-0.3, -0.25) is 14.5 Å². The number of nitrogens with zero attached hydrogens (tertiary/aromatic N) is 1. The molecule has 0 saturated heterocycles. The first-order valence-corrected chi connectivity index (χ1v) is 10.6. The van der Waals surface area contributed by atoms with E-state index in [9.17, 15) is 14.7 Å². The van der Waals surface area contributed by atoms with E-state index in [4.69, 9.17) is 9.47 Å². The molecular weight excluding hydrogens is 396 g/mol. The number of ether oxygens (including phenoxy) is 2. The normalized spacial score (nSPS) is 14.5. The largest absolute Gasteiger partial charge is 0.493 e. The summed E-state index contributed by atoms with van der Waals surface area (Å²) in [6.07, 6.45) is 0.200. The van der Waals surface area contributed by atoms with Crippen molar-refractivity contribution in [2.24, 2.45) is 0 Å². The average molecular weight is 427 g/mol. The summed E-state index contributed by atoms with van der Waals surface area (Å²) in [6, 6.07) is 8.92. The van der Waals surface area contributed by atoms with E-state index in [0.29, 0.717) is 43.4 Å². The Balaban J connectivity index is 1.94. The lowest BCUT2D eigenvalue weighted by Gasteiger charge is -2.32. The van der Waals surface area contributed by atoms with Crippen molar-refractivity contribution in [1.82, 2.24) is 4.90 Å². The molecule has 1 unspecified atom stereocenters. The Kier molecular flexibility index (Phi) is 7.30. The lowest BCUT2D eigenvalue weighted by atomic mass is 9.97. The summed E-state index contributed by atoms with van der Waals surface area (Å²) in [5.41, 5.74) is 3.50. The SMILES string of the molecule is CCOc1cc(OCC)c(C(=O)Nc2cccc3c2CCN(C(C)O)C3)cc1C(C)=O. The Bertz CT molecular complexity index is 971. The maximum atomic E-state index is 13.2. The zero-order valence-corrected chi connectivity index (χ0v) is 18.5. The van der Waals surface area contributed by atoms with E-state index in [1.165, 1.54) is 13.0 Å². The minimum Gasteiger partial charge on any atom is -0.493 e. The Morgan fingerprint density at radius 2 is 1.81 bits per heavy atom. The Labute approximate surface area is 183 Å².